The van der Waals surface area contributed by atoms with E-state index in [1.807, 2.05) is 43.3 Å². The van der Waals surface area contributed by atoms with Crippen molar-refractivity contribution < 1.29 is 4.74 Å². The maximum atomic E-state index is 6.28. The fourth-order valence-corrected chi connectivity index (χ4v) is 2.52. The first kappa shape index (κ1) is 14.9. The third kappa shape index (κ3) is 3.33. The van der Waals surface area contributed by atoms with E-state index in [1.165, 1.54) is 0 Å². The van der Waals surface area contributed by atoms with Gasteiger partial charge in [-0.05, 0) is 53.8 Å². The highest BCUT2D eigenvalue weighted by molar-refractivity contribution is 6.31. The van der Waals surface area contributed by atoms with Crippen LogP contribution < -0.4 is 10.5 Å². The molecule has 0 aliphatic carbocycles. The molecular formula is C17H20ClNO. The molecule has 106 valence electrons. The Morgan fingerprint density at radius 2 is 1.95 bits per heavy atom. The van der Waals surface area contributed by atoms with Crippen LogP contribution in [0.1, 0.15) is 36.5 Å². The third-order valence-electron chi connectivity index (χ3n) is 3.28. The second-order valence-electron chi connectivity index (χ2n) is 5.25. The van der Waals surface area contributed by atoms with Gasteiger partial charge in [0, 0.05) is 11.6 Å². The molecule has 0 saturated carbocycles. The van der Waals surface area contributed by atoms with Crippen molar-refractivity contribution in [2.75, 3.05) is 0 Å². The van der Waals surface area contributed by atoms with Crippen LogP contribution in [0, 0.1) is 6.92 Å². The van der Waals surface area contributed by atoms with Crippen LogP contribution >= 0.6 is 11.6 Å². The summed E-state index contributed by atoms with van der Waals surface area (Å²) in [7, 11) is 0. The largest absolute Gasteiger partial charge is 0.457 e. The molecule has 3 heteroatoms. The Morgan fingerprint density at radius 1 is 1.20 bits per heavy atom. The maximum absolute atomic E-state index is 6.28. The fourth-order valence-electron chi connectivity index (χ4n) is 2.08. The van der Waals surface area contributed by atoms with Gasteiger partial charge in [-0.15, -0.1) is 0 Å². The van der Waals surface area contributed by atoms with Gasteiger partial charge in [-0.2, -0.15) is 0 Å². The lowest BCUT2D eigenvalue weighted by atomic mass is 10.0. The van der Waals surface area contributed by atoms with Crippen molar-refractivity contribution in [1.29, 1.82) is 0 Å². The molecule has 0 aromatic heterocycles. The fraction of sp³-hybridized carbons (Fsp3) is 0.294. The molecule has 0 heterocycles. The van der Waals surface area contributed by atoms with Crippen molar-refractivity contribution in [3.8, 4) is 11.5 Å². The highest BCUT2D eigenvalue weighted by atomic mass is 35.5. The Bertz CT molecular complexity index is 608. The van der Waals surface area contributed by atoms with Gasteiger partial charge in [0.2, 0.25) is 0 Å². The number of ether oxygens (including phenoxy) is 1. The number of nitrogens with two attached hydrogens (primary N) is 1. The lowest BCUT2D eigenvalue weighted by molar-refractivity contribution is 0.477. The summed E-state index contributed by atoms with van der Waals surface area (Å²) >= 11 is 6.28. The minimum atomic E-state index is 0.362. The predicted octanol–water partition coefficient (Wildman–Crippen LogP) is 5.02. The van der Waals surface area contributed by atoms with Crippen molar-refractivity contribution in [2.24, 2.45) is 5.73 Å². The average molecular weight is 290 g/mol. The van der Waals surface area contributed by atoms with Gasteiger partial charge in [0.1, 0.15) is 11.5 Å². The smallest absolute Gasteiger partial charge is 0.130 e. The SMILES string of the molecule is Cc1cc(Cl)c(C(C)C)cc1Oc1cccc(CN)c1. The Kier molecular flexibility index (Phi) is 4.69. The standard InChI is InChI=1S/C17H20ClNO/c1-11(2)15-9-17(12(3)7-16(15)18)20-14-6-4-5-13(8-14)10-19/h4-9,11H,10,19H2,1-3H3. The van der Waals surface area contributed by atoms with Crippen molar-refractivity contribution >= 4 is 11.6 Å². The number of halogens is 1. The maximum Gasteiger partial charge on any atom is 0.130 e. The molecule has 2 N–H and O–H groups in total. The molecule has 0 fully saturated rings. The Balaban J connectivity index is 2.35. The topological polar surface area (TPSA) is 35.2 Å². The molecule has 0 aliphatic heterocycles. The predicted molar refractivity (Wildman–Crippen MR) is 84.7 cm³/mol. The zero-order valence-electron chi connectivity index (χ0n) is 12.1. The molecule has 0 saturated heterocycles. The van der Waals surface area contributed by atoms with Gasteiger partial charge < -0.3 is 10.5 Å². The lowest BCUT2D eigenvalue weighted by Crippen LogP contribution is -1.97. The highest BCUT2D eigenvalue weighted by Crippen LogP contribution is 2.33. The van der Waals surface area contributed by atoms with Gasteiger partial charge in [0.25, 0.3) is 0 Å². The second kappa shape index (κ2) is 6.29. The molecule has 0 spiro atoms. The van der Waals surface area contributed by atoms with E-state index in [0.717, 1.165) is 33.2 Å². The third-order valence-corrected chi connectivity index (χ3v) is 3.61. The minimum Gasteiger partial charge on any atom is -0.457 e. The summed E-state index contributed by atoms with van der Waals surface area (Å²) in [4.78, 5) is 0. The molecular weight excluding hydrogens is 270 g/mol. The molecule has 0 amide bonds. The van der Waals surface area contributed by atoms with E-state index in [-0.39, 0.29) is 0 Å². The van der Waals surface area contributed by atoms with Crippen LogP contribution in [-0.4, -0.2) is 0 Å². The van der Waals surface area contributed by atoms with E-state index in [0.29, 0.717) is 12.5 Å². The number of hydrogen-bond acceptors (Lipinski definition) is 2. The Hall–Kier alpha value is -1.51. The first-order chi connectivity index (χ1) is 9.51. The van der Waals surface area contributed by atoms with Crippen LogP contribution in [0.5, 0.6) is 11.5 Å². The van der Waals surface area contributed by atoms with Crippen LogP contribution in [0.4, 0.5) is 0 Å². The number of rotatable bonds is 4. The zero-order valence-corrected chi connectivity index (χ0v) is 12.9. The Morgan fingerprint density at radius 3 is 2.60 bits per heavy atom. The lowest BCUT2D eigenvalue weighted by Gasteiger charge is -2.15. The van der Waals surface area contributed by atoms with Gasteiger partial charge in [0.05, 0.1) is 0 Å². The molecule has 0 radical (unpaired) electrons. The molecule has 2 rings (SSSR count). The molecule has 2 nitrogen and oxygen atoms in total. The van der Waals surface area contributed by atoms with Gasteiger partial charge in [0.15, 0.2) is 0 Å². The summed E-state index contributed by atoms with van der Waals surface area (Å²) in [5.41, 5.74) is 8.83. The molecule has 0 bridgehead atoms. The molecule has 2 aromatic carbocycles. The second-order valence-corrected chi connectivity index (χ2v) is 5.65. The van der Waals surface area contributed by atoms with Crippen LogP contribution in [0.25, 0.3) is 0 Å². The molecule has 20 heavy (non-hydrogen) atoms. The first-order valence-corrected chi connectivity index (χ1v) is 7.16. The van der Waals surface area contributed by atoms with E-state index in [1.54, 1.807) is 0 Å². The summed E-state index contributed by atoms with van der Waals surface area (Å²) in [6.45, 7) is 6.75. The molecule has 0 unspecified atom stereocenters. The number of benzene rings is 2. The summed E-state index contributed by atoms with van der Waals surface area (Å²) in [5, 5.41) is 0.792. The van der Waals surface area contributed by atoms with Crippen LogP contribution in [-0.2, 0) is 6.54 Å². The van der Waals surface area contributed by atoms with Crippen molar-refractivity contribution in [2.45, 2.75) is 33.2 Å². The van der Waals surface area contributed by atoms with Crippen LogP contribution in [0.3, 0.4) is 0 Å². The van der Waals surface area contributed by atoms with Crippen LogP contribution in [0.2, 0.25) is 5.02 Å². The van der Waals surface area contributed by atoms with E-state index < -0.39 is 0 Å². The zero-order chi connectivity index (χ0) is 14.7. The van der Waals surface area contributed by atoms with E-state index >= 15 is 0 Å². The summed E-state index contributed by atoms with van der Waals surface area (Å²) in [6, 6.07) is 11.8. The van der Waals surface area contributed by atoms with Crippen molar-refractivity contribution in [3.63, 3.8) is 0 Å². The monoisotopic (exact) mass is 289 g/mol. The molecule has 0 aliphatic rings. The summed E-state index contributed by atoms with van der Waals surface area (Å²) in [5.74, 6) is 2.00. The molecule has 0 atom stereocenters. The Labute approximate surface area is 125 Å². The number of aryl methyl sites for hydroxylation is 1. The van der Waals surface area contributed by atoms with Gasteiger partial charge in [-0.3, -0.25) is 0 Å². The molecule has 2 aromatic rings. The van der Waals surface area contributed by atoms with Crippen molar-refractivity contribution in [1.82, 2.24) is 0 Å². The normalized spacial score (nSPS) is 10.9. The van der Waals surface area contributed by atoms with Crippen molar-refractivity contribution in [3.05, 3.63) is 58.1 Å². The van der Waals surface area contributed by atoms with E-state index in [9.17, 15) is 0 Å². The van der Waals surface area contributed by atoms with Crippen LogP contribution in [0.15, 0.2) is 36.4 Å². The van der Waals surface area contributed by atoms with Gasteiger partial charge in [-0.25, -0.2) is 0 Å². The highest BCUT2D eigenvalue weighted by Gasteiger charge is 2.11. The number of hydrogen-bond donors (Lipinski definition) is 1. The summed E-state index contributed by atoms with van der Waals surface area (Å²) < 4.78 is 5.98. The van der Waals surface area contributed by atoms with E-state index in [2.05, 4.69) is 13.8 Å². The summed E-state index contributed by atoms with van der Waals surface area (Å²) in [6.07, 6.45) is 0. The first-order valence-electron chi connectivity index (χ1n) is 6.78. The van der Waals surface area contributed by atoms with Gasteiger partial charge in [-0.1, -0.05) is 37.6 Å². The van der Waals surface area contributed by atoms with E-state index in [4.69, 9.17) is 22.1 Å². The van der Waals surface area contributed by atoms with Gasteiger partial charge >= 0.3 is 0 Å². The quantitative estimate of drug-likeness (QED) is 0.857. The minimum absolute atomic E-state index is 0.362. The average Bonchev–Trinajstić information content (AvgIpc) is 2.41.